The van der Waals surface area contributed by atoms with Gasteiger partial charge in [0.1, 0.15) is 0 Å². The van der Waals surface area contributed by atoms with Crippen LogP contribution in [0, 0.1) is 5.92 Å². The van der Waals surface area contributed by atoms with Crippen LogP contribution in [0.3, 0.4) is 0 Å². The van der Waals surface area contributed by atoms with Crippen LogP contribution < -0.4 is 0 Å². The van der Waals surface area contributed by atoms with Crippen LogP contribution in [0.25, 0.3) is 0 Å². The Morgan fingerprint density at radius 3 is 0.875 bits per heavy atom. The quantitative estimate of drug-likeness (QED) is 0.552. The summed E-state index contributed by atoms with van der Waals surface area (Å²) < 4.78 is 0. The molecular formula is C10H24O6. The highest BCUT2D eigenvalue weighted by molar-refractivity contribution is 5.53. The van der Waals surface area contributed by atoms with Crippen molar-refractivity contribution in [2.45, 2.75) is 47.5 Å². The lowest BCUT2D eigenvalue weighted by molar-refractivity contribution is 0.135. The number of rotatable bonds is 1. The molecule has 0 fully saturated rings. The first-order chi connectivity index (χ1) is 7.11. The molecule has 100 valence electrons. The number of carbonyl (C=O) groups is 2. The minimum atomic E-state index is -1.83. The lowest BCUT2D eigenvalue weighted by atomic mass is 10.3. The molecule has 16 heavy (non-hydrogen) atoms. The summed E-state index contributed by atoms with van der Waals surface area (Å²) in [5, 5.41) is 27.9. The Bertz CT molecular complexity index is 119. The van der Waals surface area contributed by atoms with E-state index in [2.05, 4.69) is 34.6 Å². The van der Waals surface area contributed by atoms with E-state index in [0.717, 1.165) is 5.92 Å². The normalized spacial score (nSPS) is 7.12. The average Bonchev–Trinajstić information content (AvgIpc) is 2.00. The summed E-state index contributed by atoms with van der Waals surface area (Å²) in [4.78, 5) is 17.1. The van der Waals surface area contributed by atoms with E-state index < -0.39 is 12.3 Å². The predicted octanol–water partition coefficient (Wildman–Crippen LogP) is 3.91. The minimum Gasteiger partial charge on any atom is -0.450 e. The van der Waals surface area contributed by atoms with Gasteiger partial charge in [-0.05, 0) is 5.92 Å². The van der Waals surface area contributed by atoms with Crippen LogP contribution in [-0.4, -0.2) is 32.7 Å². The summed E-state index contributed by atoms with van der Waals surface area (Å²) in [5.74, 6) is 0.833. The van der Waals surface area contributed by atoms with E-state index in [1.165, 1.54) is 12.8 Å². The number of carboxylic acid groups (broad SMARTS) is 4. The van der Waals surface area contributed by atoms with Crippen LogP contribution in [0.5, 0.6) is 0 Å². The van der Waals surface area contributed by atoms with Crippen molar-refractivity contribution < 1.29 is 30.0 Å². The standard InChI is InChI=1S/2C4H10.2CH2O3/c1-4(2)3;1-3-4-2;2*2-1(3)4/h4H,1-3H3;3-4H2,1-2H3;2*(H2,2,3,4). The topological polar surface area (TPSA) is 115 Å². The molecule has 0 rings (SSSR count). The van der Waals surface area contributed by atoms with E-state index in [-0.39, 0.29) is 0 Å². The van der Waals surface area contributed by atoms with Gasteiger partial charge in [0.15, 0.2) is 0 Å². The molecule has 0 radical (unpaired) electrons. The largest absolute Gasteiger partial charge is 0.503 e. The molecule has 6 heteroatoms. The Balaban J connectivity index is -0.0000000600. The third kappa shape index (κ3) is 7890. The summed E-state index contributed by atoms with van der Waals surface area (Å²) in [7, 11) is 0. The molecule has 0 aliphatic heterocycles. The first kappa shape index (κ1) is 24.0. The zero-order chi connectivity index (χ0) is 14.1. The lowest BCUT2D eigenvalue weighted by Gasteiger charge is -1.79. The van der Waals surface area contributed by atoms with Crippen molar-refractivity contribution in [3.63, 3.8) is 0 Å². The fraction of sp³-hybridized carbons (Fsp3) is 0.800. The molecular weight excluding hydrogens is 216 g/mol. The fourth-order valence-corrected chi connectivity index (χ4v) is 0. The van der Waals surface area contributed by atoms with Crippen LogP contribution >= 0.6 is 0 Å². The molecule has 0 aliphatic rings. The molecule has 0 unspecified atom stereocenters. The molecule has 4 N–H and O–H groups in total. The van der Waals surface area contributed by atoms with Crippen LogP contribution in [-0.2, 0) is 0 Å². The second-order valence-corrected chi connectivity index (χ2v) is 3.30. The molecule has 0 heterocycles. The van der Waals surface area contributed by atoms with Gasteiger partial charge in [-0.25, -0.2) is 9.59 Å². The summed E-state index contributed by atoms with van der Waals surface area (Å²) in [5.41, 5.74) is 0. The van der Waals surface area contributed by atoms with Crippen molar-refractivity contribution in [2.24, 2.45) is 5.92 Å². The van der Waals surface area contributed by atoms with Crippen LogP contribution in [0.1, 0.15) is 47.5 Å². The second-order valence-electron chi connectivity index (χ2n) is 3.30. The van der Waals surface area contributed by atoms with Crippen LogP contribution in [0.4, 0.5) is 9.59 Å². The molecule has 0 aliphatic carbocycles. The fourth-order valence-electron chi connectivity index (χ4n) is 0. The maximum atomic E-state index is 8.56. The number of unbranched alkanes of at least 4 members (excludes halogenated alkanes) is 1. The Kier molecular flexibility index (Phi) is 35.1. The predicted molar refractivity (Wildman–Crippen MR) is 62.4 cm³/mol. The smallest absolute Gasteiger partial charge is 0.450 e. The zero-order valence-corrected chi connectivity index (χ0v) is 10.6. The third-order valence-electron chi connectivity index (χ3n) is 0.500. The SMILES string of the molecule is CC(C)C.CCCC.O=C(O)O.O=C(O)O. The van der Waals surface area contributed by atoms with Crippen molar-refractivity contribution >= 4 is 12.3 Å². The Morgan fingerprint density at radius 2 is 0.875 bits per heavy atom. The van der Waals surface area contributed by atoms with Crippen molar-refractivity contribution in [1.29, 1.82) is 0 Å². The highest BCUT2D eigenvalue weighted by Gasteiger charge is 1.70. The first-order valence-electron chi connectivity index (χ1n) is 4.95. The van der Waals surface area contributed by atoms with E-state index in [4.69, 9.17) is 30.0 Å². The highest BCUT2D eigenvalue weighted by atomic mass is 16.6. The molecule has 0 amide bonds. The van der Waals surface area contributed by atoms with Gasteiger partial charge in [0.05, 0.1) is 0 Å². The Morgan fingerprint density at radius 1 is 0.812 bits per heavy atom. The molecule has 0 aromatic rings. The summed E-state index contributed by atoms with van der Waals surface area (Å²) >= 11 is 0. The summed E-state index contributed by atoms with van der Waals surface area (Å²) in [6.07, 6.45) is -1.03. The van der Waals surface area contributed by atoms with E-state index >= 15 is 0 Å². The monoisotopic (exact) mass is 240 g/mol. The summed E-state index contributed by atoms with van der Waals surface area (Å²) in [6, 6.07) is 0. The molecule has 0 atom stereocenters. The van der Waals surface area contributed by atoms with Gasteiger partial charge in [-0.2, -0.15) is 0 Å². The second kappa shape index (κ2) is 23.4. The van der Waals surface area contributed by atoms with Crippen molar-refractivity contribution in [3.05, 3.63) is 0 Å². The average molecular weight is 240 g/mol. The van der Waals surface area contributed by atoms with Crippen molar-refractivity contribution in [1.82, 2.24) is 0 Å². The Hall–Kier alpha value is -1.46. The highest BCUT2D eigenvalue weighted by Crippen LogP contribution is 1.81. The van der Waals surface area contributed by atoms with Crippen molar-refractivity contribution in [3.8, 4) is 0 Å². The molecule has 0 bridgehead atoms. The van der Waals surface area contributed by atoms with Gasteiger partial charge in [0, 0.05) is 0 Å². The summed E-state index contributed by atoms with van der Waals surface area (Å²) in [6.45, 7) is 10.9. The van der Waals surface area contributed by atoms with Gasteiger partial charge in [-0.3, -0.25) is 0 Å². The zero-order valence-electron chi connectivity index (χ0n) is 10.6. The van der Waals surface area contributed by atoms with E-state index in [1.54, 1.807) is 0 Å². The molecule has 0 aromatic carbocycles. The van der Waals surface area contributed by atoms with Gasteiger partial charge in [-0.15, -0.1) is 0 Å². The lowest BCUT2D eigenvalue weighted by Crippen LogP contribution is -1.81. The van der Waals surface area contributed by atoms with E-state index in [9.17, 15) is 0 Å². The van der Waals surface area contributed by atoms with Crippen LogP contribution in [0.2, 0.25) is 0 Å². The molecule has 0 saturated carbocycles. The maximum absolute atomic E-state index is 8.56. The Labute approximate surface area is 96.5 Å². The first-order valence-corrected chi connectivity index (χ1v) is 4.95. The third-order valence-corrected chi connectivity index (χ3v) is 0.500. The molecule has 0 saturated heterocycles. The number of hydrogen-bond donors (Lipinski definition) is 4. The number of hydrogen-bond acceptors (Lipinski definition) is 2. The molecule has 6 nitrogen and oxygen atoms in total. The maximum Gasteiger partial charge on any atom is 0.503 e. The van der Waals surface area contributed by atoms with E-state index in [1.807, 2.05) is 0 Å². The van der Waals surface area contributed by atoms with Gasteiger partial charge in [0.2, 0.25) is 0 Å². The van der Waals surface area contributed by atoms with Crippen LogP contribution in [0.15, 0.2) is 0 Å². The minimum absolute atomic E-state index is 0.833. The van der Waals surface area contributed by atoms with Gasteiger partial charge < -0.3 is 20.4 Å². The van der Waals surface area contributed by atoms with Gasteiger partial charge >= 0.3 is 12.3 Å². The van der Waals surface area contributed by atoms with Crippen molar-refractivity contribution in [2.75, 3.05) is 0 Å². The van der Waals surface area contributed by atoms with Gasteiger partial charge in [-0.1, -0.05) is 47.5 Å². The van der Waals surface area contributed by atoms with E-state index in [0.29, 0.717) is 0 Å². The van der Waals surface area contributed by atoms with Gasteiger partial charge in [0.25, 0.3) is 0 Å². The molecule has 0 spiro atoms. The molecule has 0 aromatic heterocycles.